The Bertz CT molecular complexity index is 319. The maximum atomic E-state index is 5.07. The van der Waals surface area contributed by atoms with Gasteiger partial charge < -0.3 is 8.83 Å². The lowest BCUT2D eigenvalue weighted by molar-refractivity contribution is 0.506. The van der Waals surface area contributed by atoms with Crippen molar-refractivity contribution in [2.24, 2.45) is 0 Å². The summed E-state index contributed by atoms with van der Waals surface area (Å²) in [7, 11) is 0. The Labute approximate surface area is 90.9 Å². The predicted molar refractivity (Wildman–Crippen MR) is 60.8 cm³/mol. The van der Waals surface area contributed by atoms with Crippen LogP contribution in [0.2, 0.25) is 0 Å². The molecule has 0 aliphatic rings. The van der Waals surface area contributed by atoms with Crippen molar-refractivity contribution in [3.63, 3.8) is 0 Å². The molecule has 0 saturated carbocycles. The molecule has 0 unspecified atom stereocenters. The van der Waals surface area contributed by atoms with Crippen LogP contribution in [0.5, 0.6) is 0 Å². The molecule has 0 aromatic carbocycles. The molecule has 2 rings (SSSR count). The van der Waals surface area contributed by atoms with Crippen molar-refractivity contribution in [1.29, 1.82) is 0 Å². The highest BCUT2D eigenvalue weighted by Gasteiger charge is 1.88. The molecule has 2 nitrogen and oxygen atoms in total. The molecular weight excluding hydrogens is 188 g/mol. The zero-order chi connectivity index (χ0) is 10.9. The number of furan rings is 2. The van der Waals surface area contributed by atoms with E-state index >= 15 is 0 Å². The summed E-state index contributed by atoms with van der Waals surface area (Å²) in [5, 5.41) is 0. The first-order chi connectivity index (χ1) is 7.36. The van der Waals surface area contributed by atoms with Gasteiger partial charge in [-0.2, -0.15) is 0 Å². The summed E-state index contributed by atoms with van der Waals surface area (Å²) in [5.41, 5.74) is 0. The summed E-state index contributed by atoms with van der Waals surface area (Å²) in [6, 6.07) is 7.80. The number of hydrogen-bond donors (Lipinski definition) is 0. The molecule has 0 aliphatic heterocycles. The summed E-state index contributed by atoms with van der Waals surface area (Å²) < 4.78 is 10.1. The van der Waals surface area contributed by atoms with E-state index in [0.717, 1.165) is 30.8 Å². The Morgan fingerprint density at radius 3 is 1.87 bits per heavy atom. The molecule has 0 spiro atoms. The van der Waals surface area contributed by atoms with Crippen molar-refractivity contribution in [1.82, 2.24) is 0 Å². The molecule has 15 heavy (non-hydrogen) atoms. The zero-order valence-electron chi connectivity index (χ0n) is 9.40. The second-order valence-corrected chi connectivity index (χ2v) is 3.26. The molecule has 0 radical (unpaired) electrons. The van der Waals surface area contributed by atoms with Gasteiger partial charge in [-0.05, 0) is 30.7 Å². The molecule has 0 amide bonds. The van der Waals surface area contributed by atoms with Crippen molar-refractivity contribution in [2.45, 2.75) is 33.1 Å². The first-order valence-corrected chi connectivity index (χ1v) is 5.41. The van der Waals surface area contributed by atoms with Crippen LogP contribution in [0.15, 0.2) is 45.6 Å². The van der Waals surface area contributed by atoms with Gasteiger partial charge in [0, 0.05) is 12.8 Å². The van der Waals surface area contributed by atoms with Crippen molar-refractivity contribution in [3.8, 4) is 0 Å². The molecule has 82 valence electrons. The van der Waals surface area contributed by atoms with Crippen LogP contribution < -0.4 is 0 Å². The average Bonchev–Trinajstić information content (AvgIpc) is 2.91. The third-order valence-electron chi connectivity index (χ3n) is 2.01. The third-order valence-corrected chi connectivity index (χ3v) is 2.01. The summed E-state index contributed by atoms with van der Waals surface area (Å²) in [5.74, 6) is 2.15. The highest BCUT2D eigenvalue weighted by molar-refractivity contribution is 4.97. The molecule has 0 aliphatic carbocycles. The minimum Gasteiger partial charge on any atom is -0.469 e. The Balaban J connectivity index is 0.000000151. The lowest BCUT2D eigenvalue weighted by Gasteiger charge is -1.85. The van der Waals surface area contributed by atoms with Crippen LogP contribution in [0.4, 0.5) is 0 Å². The van der Waals surface area contributed by atoms with Gasteiger partial charge in [0.1, 0.15) is 11.5 Å². The van der Waals surface area contributed by atoms with Gasteiger partial charge in [0.25, 0.3) is 0 Å². The van der Waals surface area contributed by atoms with Crippen LogP contribution in [0.1, 0.15) is 31.8 Å². The van der Waals surface area contributed by atoms with Crippen molar-refractivity contribution in [2.75, 3.05) is 0 Å². The molecule has 2 heterocycles. The van der Waals surface area contributed by atoms with Crippen LogP contribution in [0.3, 0.4) is 0 Å². The smallest absolute Gasteiger partial charge is 0.103 e. The van der Waals surface area contributed by atoms with Gasteiger partial charge in [-0.1, -0.05) is 13.8 Å². The van der Waals surface area contributed by atoms with Crippen molar-refractivity contribution < 1.29 is 8.83 Å². The topological polar surface area (TPSA) is 26.3 Å². The van der Waals surface area contributed by atoms with Gasteiger partial charge in [-0.15, -0.1) is 0 Å². The normalized spacial score (nSPS) is 9.47. The first-order valence-electron chi connectivity index (χ1n) is 5.41. The Morgan fingerprint density at radius 1 is 0.933 bits per heavy atom. The van der Waals surface area contributed by atoms with E-state index < -0.39 is 0 Å². The fraction of sp³-hybridized carbons (Fsp3) is 0.385. The van der Waals surface area contributed by atoms with Gasteiger partial charge in [0.15, 0.2) is 0 Å². The second-order valence-electron chi connectivity index (χ2n) is 3.26. The van der Waals surface area contributed by atoms with Crippen LogP contribution >= 0.6 is 0 Å². The van der Waals surface area contributed by atoms with E-state index in [9.17, 15) is 0 Å². The van der Waals surface area contributed by atoms with E-state index in [1.54, 1.807) is 12.5 Å². The standard InChI is InChI=1S/C7H10O.C6H8O/c1-2-4-7-5-3-6-8-7;1-2-6-4-3-5-7-6/h3,5-6H,2,4H2,1H3;3-5H,2H2,1H3. The van der Waals surface area contributed by atoms with E-state index in [0.29, 0.717) is 0 Å². The monoisotopic (exact) mass is 206 g/mol. The highest BCUT2D eigenvalue weighted by Crippen LogP contribution is 2.01. The van der Waals surface area contributed by atoms with Crippen LogP contribution in [0.25, 0.3) is 0 Å². The molecule has 0 saturated heterocycles. The zero-order valence-corrected chi connectivity index (χ0v) is 9.40. The molecule has 0 bridgehead atoms. The number of hydrogen-bond acceptors (Lipinski definition) is 2. The van der Waals surface area contributed by atoms with Gasteiger partial charge in [-0.25, -0.2) is 0 Å². The van der Waals surface area contributed by atoms with E-state index in [2.05, 4.69) is 13.8 Å². The second kappa shape index (κ2) is 6.93. The van der Waals surface area contributed by atoms with E-state index in [-0.39, 0.29) is 0 Å². The number of rotatable bonds is 3. The summed E-state index contributed by atoms with van der Waals surface area (Å²) in [6.07, 6.45) is 6.62. The van der Waals surface area contributed by atoms with Crippen LogP contribution in [-0.2, 0) is 12.8 Å². The Morgan fingerprint density at radius 2 is 1.53 bits per heavy atom. The van der Waals surface area contributed by atoms with Crippen molar-refractivity contribution in [3.05, 3.63) is 48.3 Å². The number of aryl methyl sites for hydroxylation is 2. The van der Waals surface area contributed by atoms with Gasteiger partial charge in [0.2, 0.25) is 0 Å². The van der Waals surface area contributed by atoms with E-state index in [1.165, 1.54) is 0 Å². The SMILES string of the molecule is CCCc1ccco1.CCc1ccco1. The molecule has 2 aromatic heterocycles. The molecule has 0 atom stereocenters. The maximum absolute atomic E-state index is 5.07. The third kappa shape index (κ3) is 4.54. The largest absolute Gasteiger partial charge is 0.469 e. The fourth-order valence-electron chi connectivity index (χ4n) is 1.21. The fourth-order valence-corrected chi connectivity index (χ4v) is 1.21. The maximum Gasteiger partial charge on any atom is 0.103 e. The van der Waals surface area contributed by atoms with Crippen LogP contribution in [-0.4, -0.2) is 0 Å². The van der Waals surface area contributed by atoms with Gasteiger partial charge >= 0.3 is 0 Å². The van der Waals surface area contributed by atoms with E-state index in [1.807, 2.05) is 24.3 Å². The molecule has 0 fully saturated rings. The van der Waals surface area contributed by atoms with Crippen LogP contribution in [0, 0.1) is 0 Å². The minimum absolute atomic E-state index is 0.993. The lowest BCUT2D eigenvalue weighted by Crippen LogP contribution is -1.73. The summed E-state index contributed by atoms with van der Waals surface area (Å²) >= 11 is 0. The lowest BCUT2D eigenvalue weighted by atomic mass is 10.3. The van der Waals surface area contributed by atoms with Crippen molar-refractivity contribution >= 4 is 0 Å². The Kier molecular flexibility index (Phi) is 5.38. The molecule has 2 aromatic rings. The quantitative estimate of drug-likeness (QED) is 0.756. The highest BCUT2D eigenvalue weighted by atomic mass is 16.3. The Hall–Kier alpha value is -1.44. The van der Waals surface area contributed by atoms with Gasteiger partial charge in [0.05, 0.1) is 12.5 Å². The van der Waals surface area contributed by atoms with Gasteiger partial charge in [-0.3, -0.25) is 0 Å². The molecular formula is C13H18O2. The summed E-state index contributed by atoms with van der Waals surface area (Å²) in [6.45, 7) is 4.21. The predicted octanol–water partition coefficient (Wildman–Crippen LogP) is 4.07. The molecule has 0 N–H and O–H groups in total. The average molecular weight is 206 g/mol. The summed E-state index contributed by atoms with van der Waals surface area (Å²) in [4.78, 5) is 0. The van der Waals surface area contributed by atoms with E-state index in [4.69, 9.17) is 8.83 Å². The first kappa shape index (κ1) is 11.6. The minimum atomic E-state index is 0.993. The molecule has 2 heteroatoms.